The van der Waals surface area contributed by atoms with Crippen LogP contribution < -0.4 is 5.32 Å². The van der Waals surface area contributed by atoms with Crippen LogP contribution in [0.2, 0.25) is 0 Å². The minimum Gasteiger partial charge on any atom is -0.352 e. The van der Waals surface area contributed by atoms with E-state index in [1.165, 1.54) is 18.2 Å². The van der Waals surface area contributed by atoms with Gasteiger partial charge in [-0.2, -0.15) is 0 Å². The third-order valence-electron chi connectivity index (χ3n) is 3.09. The van der Waals surface area contributed by atoms with Gasteiger partial charge in [-0.05, 0) is 30.2 Å². The monoisotopic (exact) mass is 327 g/mol. The predicted molar refractivity (Wildman–Crippen MR) is 80.2 cm³/mol. The molecule has 0 bridgehead atoms. The number of carbonyl (C=O) groups excluding carboxylic acids is 1. The summed E-state index contributed by atoms with van der Waals surface area (Å²) >= 11 is 3.27. The highest BCUT2D eigenvalue weighted by molar-refractivity contribution is 9.10. The SMILES string of the molecule is CCC(CC)CNC(=O)/C=C/c1cc(Br)ccc1F. The summed E-state index contributed by atoms with van der Waals surface area (Å²) in [4.78, 5) is 11.6. The van der Waals surface area contributed by atoms with E-state index in [-0.39, 0.29) is 11.7 Å². The smallest absolute Gasteiger partial charge is 0.244 e. The first-order chi connectivity index (χ1) is 9.06. The van der Waals surface area contributed by atoms with Gasteiger partial charge in [0.15, 0.2) is 0 Å². The van der Waals surface area contributed by atoms with Gasteiger partial charge in [0.1, 0.15) is 5.82 Å². The number of benzene rings is 1. The second-order valence-electron chi connectivity index (χ2n) is 4.43. The zero-order valence-electron chi connectivity index (χ0n) is 11.2. The first kappa shape index (κ1) is 15.9. The van der Waals surface area contributed by atoms with Crippen LogP contribution in [0.25, 0.3) is 6.08 Å². The van der Waals surface area contributed by atoms with Crippen molar-refractivity contribution in [1.29, 1.82) is 0 Å². The zero-order chi connectivity index (χ0) is 14.3. The third kappa shape index (κ3) is 5.55. The van der Waals surface area contributed by atoms with Gasteiger partial charge in [-0.3, -0.25) is 4.79 Å². The van der Waals surface area contributed by atoms with Crippen LogP contribution in [0, 0.1) is 11.7 Å². The molecule has 1 rings (SSSR count). The molecular weight excluding hydrogens is 309 g/mol. The van der Waals surface area contributed by atoms with Gasteiger partial charge in [-0.15, -0.1) is 0 Å². The largest absolute Gasteiger partial charge is 0.352 e. The van der Waals surface area contributed by atoms with E-state index >= 15 is 0 Å². The van der Waals surface area contributed by atoms with Crippen LogP contribution in [-0.4, -0.2) is 12.5 Å². The number of carbonyl (C=O) groups is 1. The van der Waals surface area contributed by atoms with Crippen molar-refractivity contribution in [3.8, 4) is 0 Å². The maximum atomic E-state index is 13.4. The lowest BCUT2D eigenvalue weighted by atomic mass is 10.0. The van der Waals surface area contributed by atoms with Crippen molar-refractivity contribution in [2.24, 2.45) is 5.92 Å². The fourth-order valence-corrected chi connectivity index (χ4v) is 2.07. The average molecular weight is 328 g/mol. The minimum absolute atomic E-state index is 0.189. The molecule has 0 saturated carbocycles. The predicted octanol–water partition coefficient (Wildman–Crippen LogP) is 4.15. The minimum atomic E-state index is -0.341. The van der Waals surface area contributed by atoms with Crippen LogP contribution in [-0.2, 0) is 4.79 Å². The lowest BCUT2D eigenvalue weighted by Gasteiger charge is -2.11. The van der Waals surface area contributed by atoms with Gasteiger partial charge in [-0.1, -0.05) is 42.6 Å². The summed E-state index contributed by atoms with van der Waals surface area (Å²) in [6.07, 6.45) is 4.94. The Labute approximate surface area is 122 Å². The summed E-state index contributed by atoms with van der Waals surface area (Å²) in [5.41, 5.74) is 0.395. The molecule has 1 N–H and O–H groups in total. The Bertz CT molecular complexity index is 455. The van der Waals surface area contributed by atoms with E-state index in [0.29, 0.717) is 18.0 Å². The molecule has 1 amide bonds. The fourth-order valence-electron chi connectivity index (χ4n) is 1.69. The fraction of sp³-hybridized carbons (Fsp3) is 0.400. The molecule has 2 nitrogen and oxygen atoms in total. The molecule has 0 aromatic heterocycles. The highest BCUT2D eigenvalue weighted by Gasteiger charge is 2.05. The Balaban J connectivity index is 2.56. The Kier molecular flexibility index (Phi) is 6.78. The molecule has 4 heteroatoms. The molecule has 0 unspecified atom stereocenters. The third-order valence-corrected chi connectivity index (χ3v) is 3.59. The standard InChI is InChI=1S/C15H19BrFNO/c1-3-11(4-2)10-18-15(19)8-5-12-9-13(16)6-7-14(12)17/h5-9,11H,3-4,10H2,1-2H3,(H,18,19)/b8-5+. The number of hydrogen-bond donors (Lipinski definition) is 1. The molecule has 0 fully saturated rings. The van der Waals surface area contributed by atoms with Gasteiger partial charge < -0.3 is 5.32 Å². The van der Waals surface area contributed by atoms with Crippen molar-refractivity contribution in [2.45, 2.75) is 26.7 Å². The first-order valence-corrected chi connectivity index (χ1v) is 7.27. The van der Waals surface area contributed by atoms with E-state index in [1.807, 2.05) is 0 Å². The second-order valence-corrected chi connectivity index (χ2v) is 5.34. The van der Waals surface area contributed by atoms with E-state index in [4.69, 9.17) is 0 Å². The Morgan fingerprint density at radius 1 is 1.42 bits per heavy atom. The number of amides is 1. The highest BCUT2D eigenvalue weighted by atomic mass is 79.9. The van der Waals surface area contributed by atoms with Crippen molar-refractivity contribution < 1.29 is 9.18 Å². The van der Waals surface area contributed by atoms with E-state index in [0.717, 1.165) is 17.3 Å². The van der Waals surface area contributed by atoms with Gasteiger partial charge in [0.2, 0.25) is 5.91 Å². The van der Waals surface area contributed by atoms with Crippen LogP contribution in [0.4, 0.5) is 4.39 Å². The van der Waals surface area contributed by atoms with Crippen molar-refractivity contribution in [3.63, 3.8) is 0 Å². The average Bonchev–Trinajstić information content (AvgIpc) is 2.41. The van der Waals surface area contributed by atoms with Crippen LogP contribution >= 0.6 is 15.9 Å². The van der Waals surface area contributed by atoms with Gasteiger partial charge in [0.05, 0.1) is 0 Å². The summed E-state index contributed by atoms with van der Waals surface area (Å²) < 4.78 is 14.2. The molecule has 1 aromatic rings. The summed E-state index contributed by atoms with van der Waals surface area (Å²) in [5, 5.41) is 2.83. The first-order valence-electron chi connectivity index (χ1n) is 6.47. The number of rotatable bonds is 6. The number of hydrogen-bond acceptors (Lipinski definition) is 1. The highest BCUT2D eigenvalue weighted by Crippen LogP contribution is 2.16. The normalized spacial score (nSPS) is 11.2. The van der Waals surface area contributed by atoms with Crippen molar-refractivity contribution in [3.05, 3.63) is 40.1 Å². The number of halogens is 2. The molecule has 0 saturated heterocycles. The summed E-state index contributed by atoms with van der Waals surface area (Å²) in [6.45, 7) is 4.87. The molecule has 0 aliphatic carbocycles. The molecule has 1 aromatic carbocycles. The molecular formula is C15H19BrFNO. The Morgan fingerprint density at radius 2 is 2.11 bits per heavy atom. The zero-order valence-corrected chi connectivity index (χ0v) is 12.8. The van der Waals surface area contributed by atoms with Crippen molar-refractivity contribution in [1.82, 2.24) is 5.32 Å². The van der Waals surface area contributed by atoms with Gasteiger partial charge >= 0.3 is 0 Å². The van der Waals surface area contributed by atoms with E-state index in [9.17, 15) is 9.18 Å². The quantitative estimate of drug-likeness (QED) is 0.781. The lowest BCUT2D eigenvalue weighted by molar-refractivity contribution is -0.116. The maximum Gasteiger partial charge on any atom is 0.244 e. The van der Waals surface area contributed by atoms with Gasteiger partial charge in [0.25, 0.3) is 0 Å². The van der Waals surface area contributed by atoms with Crippen LogP contribution in [0.3, 0.4) is 0 Å². The molecule has 0 aliphatic heterocycles. The second kappa shape index (κ2) is 8.10. The lowest BCUT2D eigenvalue weighted by Crippen LogP contribution is -2.27. The van der Waals surface area contributed by atoms with Crippen molar-refractivity contribution in [2.75, 3.05) is 6.54 Å². The number of nitrogens with one attached hydrogen (secondary N) is 1. The molecule has 0 spiro atoms. The Morgan fingerprint density at radius 3 is 2.74 bits per heavy atom. The molecule has 104 valence electrons. The van der Waals surface area contributed by atoms with E-state index in [1.54, 1.807) is 12.1 Å². The molecule has 19 heavy (non-hydrogen) atoms. The maximum absolute atomic E-state index is 13.4. The molecule has 0 aliphatic rings. The van der Waals surface area contributed by atoms with Crippen LogP contribution in [0.1, 0.15) is 32.3 Å². The topological polar surface area (TPSA) is 29.1 Å². The van der Waals surface area contributed by atoms with Gasteiger partial charge in [0, 0.05) is 22.7 Å². The van der Waals surface area contributed by atoms with Crippen LogP contribution in [0.15, 0.2) is 28.7 Å². The van der Waals surface area contributed by atoms with Gasteiger partial charge in [-0.25, -0.2) is 4.39 Å². The molecule has 0 heterocycles. The molecule has 0 radical (unpaired) electrons. The van der Waals surface area contributed by atoms with E-state index in [2.05, 4.69) is 35.1 Å². The summed E-state index contributed by atoms with van der Waals surface area (Å²) in [6, 6.07) is 4.63. The van der Waals surface area contributed by atoms with E-state index < -0.39 is 0 Å². The van der Waals surface area contributed by atoms with Crippen LogP contribution in [0.5, 0.6) is 0 Å². The van der Waals surface area contributed by atoms with Crippen molar-refractivity contribution >= 4 is 27.9 Å². The summed E-state index contributed by atoms with van der Waals surface area (Å²) in [7, 11) is 0. The summed E-state index contributed by atoms with van der Waals surface area (Å²) in [5.74, 6) is -0.0292. The molecule has 0 atom stereocenters. The Hall–Kier alpha value is -1.16.